The van der Waals surface area contributed by atoms with E-state index in [1.807, 2.05) is 72.8 Å². The molecule has 0 unspecified atom stereocenters. The smallest absolute Gasteiger partial charge is 0.335 e. The van der Waals surface area contributed by atoms with Crippen LogP contribution in [0.15, 0.2) is 133 Å². The Morgan fingerprint density at radius 3 is 1.97 bits per heavy atom. The molecule has 0 fully saturated rings. The second-order valence-corrected chi connectivity index (χ2v) is 20.3. The number of allylic oxidation sites excluding steroid dienone is 6. The molecule has 328 valence electrons. The number of amides is 1. The Bertz CT molecular complexity index is 2980. The average Bonchev–Trinajstić information content (AvgIpc) is 3.57. The molecule has 7 rings (SSSR count). The number of carboxylic acids is 1. The van der Waals surface area contributed by atoms with Gasteiger partial charge in [-0.05, 0) is 102 Å². The lowest BCUT2D eigenvalue weighted by Crippen LogP contribution is -2.28. The van der Waals surface area contributed by atoms with Crippen molar-refractivity contribution < 1.29 is 45.2 Å². The molecule has 2 heterocycles. The quantitative estimate of drug-likeness (QED) is 0.0424. The maximum atomic E-state index is 13.5. The molecule has 2 aliphatic rings. The van der Waals surface area contributed by atoms with Gasteiger partial charge in [0, 0.05) is 59.6 Å². The fourth-order valence-corrected chi connectivity index (χ4v) is 10.1. The first-order valence-electron chi connectivity index (χ1n) is 20.8. The summed E-state index contributed by atoms with van der Waals surface area (Å²) in [7, 11) is -8.40. The predicted octanol–water partition coefficient (Wildman–Crippen LogP) is 9.21. The number of aromatic carboxylic acids is 1. The minimum absolute atomic E-state index is 0.0774. The van der Waals surface area contributed by atoms with Gasteiger partial charge in [-0.2, -0.15) is 21.4 Å². The topological polar surface area (TPSA) is 181 Å². The van der Waals surface area contributed by atoms with Crippen molar-refractivity contribution in [3.8, 4) is 0 Å². The summed E-state index contributed by atoms with van der Waals surface area (Å²) in [4.78, 5) is 27.0. The van der Waals surface area contributed by atoms with E-state index in [1.165, 1.54) is 12.1 Å². The molecule has 4 N–H and O–H groups in total. The fourth-order valence-electron chi connectivity index (χ4n) is 9.13. The van der Waals surface area contributed by atoms with Crippen LogP contribution in [0.2, 0.25) is 0 Å². The molecule has 0 aliphatic carbocycles. The Morgan fingerprint density at radius 1 is 0.730 bits per heavy atom. The van der Waals surface area contributed by atoms with Gasteiger partial charge in [0.15, 0.2) is 5.71 Å². The van der Waals surface area contributed by atoms with Crippen molar-refractivity contribution >= 4 is 76.4 Å². The molecule has 12 nitrogen and oxygen atoms in total. The first-order valence-corrected chi connectivity index (χ1v) is 24.1. The molecule has 14 heteroatoms. The normalized spacial score (nSPS) is 16.6. The van der Waals surface area contributed by atoms with E-state index in [0.717, 1.165) is 61.0 Å². The zero-order valence-electron chi connectivity index (χ0n) is 35.7. The first-order chi connectivity index (χ1) is 29.7. The Balaban J connectivity index is 1.31. The lowest BCUT2D eigenvalue weighted by Gasteiger charge is -2.27. The molecule has 63 heavy (non-hydrogen) atoms. The molecule has 0 saturated carbocycles. The Labute approximate surface area is 368 Å². The van der Waals surface area contributed by atoms with Crippen molar-refractivity contribution in [1.82, 2.24) is 0 Å². The van der Waals surface area contributed by atoms with Crippen molar-refractivity contribution in [3.63, 3.8) is 0 Å². The van der Waals surface area contributed by atoms with Crippen molar-refractivity contribution in [2.24, 2.45) is 0 Å². The molecular formula is C49H52N3O9S2+. The van der Waals surface area contributed by atoms with Gasteiger partial charge in [0.25, 0.3) is 20.2 Å². The minimum Gasteiger partial charge on any atom is -0.478 e. The van der Waals surface area contributed by atoms with Gasteiger partial charge in [-0.15, -0.1) is 0 Å². The minimum atomic E-state index is -4.20. The molecule has 0 spiro atoms. The van der Waals surface area contributed by atoms with E-state index < -0.39 is 48.5 Å². The SMILES string of the molecule is CC1(C)C(/C=C/C(=C/C=C2/N(CCCS(=O)(=O)O)c3ccc4ccccc4c3C2(C)C)CCC(=O)Nc2ccc(C(=O)O)cc2)=[N+](CCCS(=O)(=O)O)c2ccc3ccccc3c21. The number of nitrogens with zero attached hydrogens (tertiary/aromatic N) is 2. The van der Waals surface area contributed by atoms with Gasteiger partial charge in [0.2, 0.25) is 11.6 Å². The van der Waals surface area contributed by atoms with Crippen LogP contribution in [0.4, 0.5) is 17.1 Å². The summed E-state index contributed by atoms with van der Waals surface area (Å²) in [5.41, 5.74) is 6.11. The van der Waals surface area contributed by atoms with Gasteiger partial charge in [0.05, 0.1) is 22.5 Å². The molecular weight excluding hydrogens is 839 g/mol. The van der Waals surface area contributed by atoms with Gasteiger partial charge in [0.1, 0.15) is 6.54 Å². The van der Waals surface area contributed by atoms with Crippen molar-refractivity contribution in [2.45, 2.75) is 64.2 Å². The summed E-state index contributed by atoms with van der Waals surface area (Å²) in [6.07, 6.45) is 8.71. The zero-order chi connectivity index (χ0) is 45.3. The van der Waals surface area contributed by atoms with Gasteiger partial charge in [-0.1, -0.05) is 80.6 Å². The highest BCUT2D eigenvalue weighted by atomic mass is 32.2. The summed E-state index contributed by atoms with van der Waals surface area (Å²) in [6.45, 7) is 9.15. The molecule has 0 aromatic heterocycles. The second kappa shape index (κ2) is 17.7. The van der Waals surface area contributed by atoms with Crippen LogP contribution in [0, 0.1) is 0 Å². The van der Waals surface area contributed by atoms with Crippen LogP contribution in [0.5, 0.6) is 0 Å². The standard InChI is InChI=1S/C49H51N3O9S2/c1-48(2)42(51(29-9-31-62(56,57)58)40-24-20-34-11-5-7-13-38(34)45(40)48)26-15-33(17-28-44(53)50-37-22-18-36(19-23-37)47(54)55)16-27-43-49(3,4)46-39-14-8-6-12-35(39)21-25-41(46)52(43)30-10-32-63(59,60)61/h5-8,11-16,18-27H,9-10,17,28-32H2,1-4H3,(H3-,50,53,54,55,56,57,58,59,60,61)/p+1. The number of benzene rings is 5. The van der Waals surface area contributed by atoms with E-state index in [-0.39, 0.29) is 30.7 Å². The molecule has 0 bridgehead atoms. The monoisotopic (exact) mass is 890 g/mol. The van der Waals surface area contributed by atoms with Crippen LogP contribution in [-0.2, 0) is 35.9 Å². The lowest BCUT2D eigenvalue weighted by atomic mass is 9.79. The summed E-state index contributed by atoms with van der Waals surface area (Å²) < 4.78 is 68.7. The Morgan fingerprint density at radius 2 is 1.33 bits per heavy atom. The van der Waals surface area contributed by atoms with E-state index in [9.17, 15) is 40.6 Å². The third-order valence-electron chi connectivity index (χ3n) is 12.0. The summed E-state index contributed by atoms with van der Waals surface area (Å²) >= 11 is 0. The van der Waals surface area contributed by atoms with Gasteiger partial charge in [-0.25, -0.2) is 4.79 Å². The number of rotatable bonds is 16. The number of anilines is 2. The van der Waals surface area contributed by atoms with Crippen LogP contribution in [0.3, 0.4) is 0 Å². The van der Waals surface area contributed by atoms with Crippen LogP contribution in [0.25, 0.3) is 21.5 Å². The van der Waals surface area contributed by atoms with Gasteiger partial charge < -0.3 is 15.3 Å². The third kappa shape index (κ3) is 9.84. The molecule has 1 amide bonds. The number of carboxylic acid groups (broad SMARTS) is 1. The predicted molar refractivity (Wildman–Crippen MR) is 250 cm³/mol. The van der Waals surface area contributed by atoms with Crippen molar-refractivity contribution in [1.29, 1.82) is 0 Å². The van der Waals surface area contributed by atoms with Crippen LogP contribution in [0.1, 0.15) is 74.9 Å². The molecule has 0 radical (unpaired) electrons. The average molecular weight is 891 g/mol. The fraction of sp³-hybridized carbons (Fsp3) is 0.286. The van der Waals surface area contributed by atoms with E-state index in [1.54, 1.807) is 12.1 Å². The van der Waals surface area contributed by atoms with Gasteiger partial charge >= 0.3 is 5.97 Å². The number of hydrogen-bond acceptors (Lipinski definition) is 7. The molecule has 2 aliphatic heterocycles. The van der Waals surface area contributed by atoms with Crippen LogP contribution >= 0.6 is 0 Å². The third-order valence-corrected chi connectivity index (χ3v) is 13.7. The molecule has 0 saturated heterocycles. The van der Waals surface area contributed by atoms with E-state index in [2.05, 4.69) is 66.8 Å². The highest BCUT2D eigenvalue weighted by molar-refractivity contribution is 7.86. The zero-order valence-corrected chi connectivity index (χ0v) is 37.3. The lowest BCUT2D eigenvalue weighted by molar-refractivity contribution is -0.437. The van der Waals surface area contributed by atoms with Gasteiger partial charge in [-0.3, -0.25) is 13.9 Å². The maximum Gasteiger partial charge on any atom is 0.335 e. The number of fused-ring (bicyclic) bond motifs is 6. The summed E-state index contributed by atoms with van der Waals surface area (Å²) in [5, 5.41) is 16.5. The second-order valence-electron chi connectivity index (χ2n) is 17.1. The Hall–Kier alpha value is -5.93. The Kier molecular flexibility index (Phi) is 12.7. The number of hydrogen-bond donors (Lipinski definition) is 4. The van der Waals surface area contributed by atoms with Crippen molar-refractivity contribution in [3.05, 3.63) is 149 Å². The van der Waals surface area contributed by atoms with E-state index >= 15 is 0 Å². The molecule has 5 aromatic rings. The highest BCUT2D eigenvalue weighted by Crippen LogP contribution is 2.51. The van der Waals surface area contributed by atoms with Crippen molar-refractivity contribution in [2.75, 3.05) is 34.8 Å². The van der Waals surface area contributed by atoms with E-state index in [4.69, 9.17) is 0 Å². The van der Waals surface area contributed by atoms with Crippen LogP contribution in [-0.4, -0.2) is 77.8 Å². The maximum absolute atomic E-state index is 13.5. The molecule has 0 atom stereocenters. The molecule has 5 aromatic carbocycles. The van der Waals surface area contributed by atoms with E-state index in [0.29, 0.717) is 25.2 Å². The highest BCUT2D eigenvalue weighted by Gasteiger charge is 2.45. The number of carbonyl (C=O) groups excluding carboxylic acids is 1. The largest absolute Gasteiger partial charge is 0.478 e. The number of nitrogens with one attached hydrogen (secondary N) is 1. The first kappa shape index (κ1) is 45.1. The van der Waals surface area contributed by atoms with Crippen LogP contribution < -0.4 is 10.2 Å². The summed E-state index contributed by atoms with van der Waals surface area (Å²) in [6, 6.07) is 30.3. The number of carbonyl (C=O) groups is 2. The summed E-state index contributed by atoms with van der Waals surface area (Å²) in [5.74, 6) is -2.15.